The first-order valence-corrected chi connectivity index (χ1v) is 9.30. The molecule has 0 spiro atoms. The van der Waals surface area contributed by atoms with Crippen molar-refractivity contribution in [1.82, 2.24) is 20.4 Å². The average Bonchev–Trinajstić information content (AvgIpc) is 3.36. The second-order valence-electron chi connectivity index (χ2n) is 6.57. The van der Waals surface area contributed by atoms with E-state index in [0.717, 1.165) is 19.3 Å². The third kappa shape index (κ3) is 5.80. The number of amides is 2. The third-order valence-corrected chi connectivity index (χ3v) is 4.62. The number of rotatable bonds is 8. The molecule has 3 N–H and O–H groups in total. The Kier molecular flexibility index (Phi) is 8.46. The normalized spacial score (nSPS) is 16.5. The van der Waals surface area contributed by atoms with E-state index < -0.39 is 0 Å². The molecule has 0 radical (unpaired) electrons. The summed E-state index contributed by atoms with van der Waals surface area (Å²) in [5.41, 5.74) is 5.39. The number of furan rings is 1. The minimum absolute atomic E-state index is 0. The van der Waals surface area contributed by atoms with Gasteiger partial charge in [0.05, 0.1) is 6.26 Å². The van der Waals surface area contributed by atoms with Crippen molar-refractivity contribution in [2.24, 2.45) is 5.73 Å². The molecule has 1 saturated heterocycles. The van der Waals surface area contributed by atoms with Crippen LogP contribution in [0.1, 0.15) is 38.0 Å². The Balaban J connectivity index is 0.00000280. The number of aromatic nitrogens is 2. The number of halogens is 1. The predicted molar refractivity (Wildman–Crippen MR) is 104 cm³/mol. The highest BCUT2D eigenvalue weighted by Gasteiger charge is 2.27. The standard InChI is InChI=1S/C18H25N5O4.ClH/c19-9-8-15(24)20-12-13-4-1-2-10-23(13)17(25)7-6-16-21-18(22-27-16)14-5-3-11-26-14;/h3,5,11,13H,1-2,4,6-10,12,19H2,(H,20,24);1H. The summed E-state index contributed by atoms with van der Waals surface area (Å²) < 4.78 is 10.4. The molecule has 1 atom stereocenters. The summed E-state index contributed by atoms with van der Waals surface area (Å²) in [6.45, 7) is 1.49. The quantitative estimate of drug-likeness (QED) is 0.674. The maximum atomic E-state index is 12.7. The Morgan fingerprint density at radius 2 is 2.18 bits per heavy atom. The number of hydrogen-bond donors (Lipinski definition) is 2. The molecule has 0 bridgehead atoms. The molecule has 10 heteroatoms. The molecule has 2 aromatic rings. The number of nitrogens with zero attached hydrogens (tertiary/aromatic N) is 3. The van der Waals surface area contributed by atoms with E-state index in [2.05, 4.69) is 15.5 Å². The van der Waals surface area contributed by atoms with Gasteiger partial charge in [-0.2, -0.15) is 4.98 Å². The van der Waals surface area contributed by atoms with Crippen molar-refractivity contribution in [3.63, 3.8) is 0 Å². The molecular weight excluding hydrogens is 386 g/mol. The lowest BCUT2D eigenvalue weighted by molar-refractivity contribution is -0.135. The van der Waals surface area contributed by atoms with Gasteiger partial charge in [0.25, 0.3) is 0 Å². The van der Waals surface area contributed by atoms with Crippen LogP contribution in [0.4, 0.5) is 0 Å². The average molecular weight is 412 g/mol. The molecule has 154 valence electrons. The van der Waals surface area contributed by atoms with Gasteiger partial charge in [0, 0.05) is 44.9 Å². The lowest BCUT2D eigenvalue weighted by atomic mass is 10.0. The van der Waals surface area contributed by atoms with Crippen LogP contribution in [0.5, 0.6) is 0 Å². The summed E-state index contributed by atoms with van der Waals surface area (Å²) in [7, 11) is 0. The van der Waals surface area contributed by atoms with Crippen molar-refractivity contribution >= 4 is 24.2 Å². The van der Waals surface area contributed by atoms with Crippen LogP contribution >= 0.6 is 12.4 Å². The van der Waals surface area contributed by atoms with Crippen LogP contribution in [0.3, 0.4) is 0 Å². The van der Waals surface area contributed by atoms with Crippen LogP contribution < -0.4 is 11.1 Å². The molecule has 1 unspecified atom stereocenters. The molecule has 3 heterocycles. The van der Waals surface area contributed by atoms with E-state index in [1.165, 1.54) is 6.26 Å². The summed E-state index contributed by atoms with van der Waals surface area (Å²) >= 11 is 0. The highest BCUT2D eigenvalue weighted by atomic mass is 35.5. The number of aryl methyl sites for hydroxylation is 1. The van der Waals surface area contributed by atoms with E-state index >= 15 is 0 Å². The third-order valence-electron chi connectivity index (χ3n) is 4.62. The Hall–Kier alpha value is -2.39. The van der Waals surface area contributed by atoms with Crippen LogP contribution in [-0.4, -0.2) is 52.5 Å². The minimum Gasteiger partial charge on any atom is -0.461 e. The van der Waals surface area contributed by atoms with E-state index in [9.17, 15) is 9.59 Å². The van der Waals surface area contributed by atoms with Gasteiger partial charge in [-0.3, -0.25) is 9.59 Å². The van der Waals surface area contributed by atoms with Crippen LogP contribution in [0.2, 0.25) is 0 Å². The molecule has 2 amide bonds. The SMILES string of the molecule is Cl.NCCC(=O)NCC1CCCCN1C(=O)CCc1nc(-c2ccco2)no1. The van der Waals surface area contributed by atoms with Crippen LogP contribution in [0, 0.1) is 0 Å². The Bertz CT molecular complexity index is 749. The number of nitrogens with one attached hydrogen (secondary N) is 1. The first-order valence-electron chi connectivity index (χ1n) is 9.30. The van der Waals surface area contributed by atoms with Gasteiger partial charge < -0.3 is 24.9 Å². The zero-order chi connectivity index (χ0) is 19.1. The highest BCUT2D eigenvalue weighted by Crippen LogP contribution is 2.19. The van der Waals surface area contributed by atoms with Gasteiger partial charge in [-0.1, -0.05) is 5.16 Å². The van der Waals surface area contributed by atoms with Crippen molar-refractivity contribution in [2.75, 3.05) is 19.6 Å². The Labute approximate surface area is 169 Å². The number of carbonyl (C=O) groups is 2. The van der Waals surface area contributed by atoms with E-state index in [4.69, 9.17) is 14.7 Å². The molecule has 1 fully saturated rings. The number of piperidine rings is 1. The molecule has 3 rings (SSSR count). The molecule has 1 aliphatic heterocycles. The Morgan fingerprint density at radius 1 is 1.32 bits per heavy atom. The number of nitrogens with two attached hydrogens (primary N) is 1. The fourth-order valence-electron chi connectivity index (χ4n) is 3.21. The largest absolute Gasteiger partial charge is 0.461 e. The van der Waals surface area contributed by atoms with Crippen molar-refractivity contribution in [3.05, 3.63) is 24.3 Å². The van der Waals surface area contributed by atoms with E-state index in [1.807, 2.05) is 4.90 Å². The second kappa shape index (κ2) is 10.8. The summed E-state index contributed by atoms with van der Waals surface area (Å²) in [6, 6.07) is 3.52. The lowest BCUT2D eigenvalue weighted by Gasteiger charge is -2.36. The predicted octanol–water partition coefficient (Wildman–Crippen LogP) is 1.53. The van der Waals surface area contributed by atoms with Gasteiger partial charge in [0.2, 0.25) is 23.5 Å². The van der Waals surface area contributed by atoms with Crippen molar-refractivity contribution in [2.45, 2.75) is 44.6 Å². The Morgan fingerprint density at radius 3 is 2.93 bits per heavy atom. The fraction of sp³-hybridized carbons (Fsp3) is 0.556. The summed E-state index contributed by atoms with van der Waals surface area (Å²) in [4.78, 5) is 30.4. The van der Waals surface area contributed by atoms with Crippen LogP contribution in [0.25, 0.3) is 11.6 Å². The summed E-state index contributed by atoms with van der Waals surface area (Å²) in [5.74, 6) is 1.26. The van der Waals surface area contributed by atoms with Gasteiger partial charge in [-0.25, -0.2) is 0 Å². The van der Waals surface area contributed by atoms with E-state index in [-0.39, 0.29) is 36.7 Å². The van der Waals surface area contributed by atoms with Gasteiger partial charge >= 0.3 is 0 Å². The first kappa shape index (κ1) is 21.9. The van der Waals surface area contributed by atoms with Gasteiger partial charge in [-0.05, 0) is 31.4 Å². The smallest absolute Gasteiger partial charge is 0.238 e. The fourth-order valence-corrected chi connectivity index (χ4v) is 3.21. The number of likely N-dealkylation sites (tertiary alicyclic amines) is 1. The van der Waals surface area contributed by atoms with Gasteiger partial charge in [0.15, 0.2) is 5.76 Å². The topological polar surface area (TPSA) is 127 Å². The maximum Gasteiger partial charge on any atom is 0.238 e. The highest BCUT2D eigenvalue weighted by molar-refractivity contribution is 5.85. The summed E-state index contributed by atoms with van der Waals surface area (Å²) in [5, 5.41) is 6.73. The van der Waals surface area contributed by atoms with Crippen LogP contribution in [-0.2, 0) is 16.0 Å². The van der Waals surface area contributed by atoms with Crippen molar-refractivity contribution in [1.29, 1.82) is 0 Å². The van der Waals surface area contributed by atoms with E-state index in [1.54, 1.807) is 12.1 Å². The van der Waals surface area contributed by atoms with E-state index in [0.29, 0.717) is 50.0 Å². The zero-order valence-electron chi connectivity index (χ0n) is 15.6. The molecule has 2 aromatic heterocycles. The van der Waals surface area contributed by atoms with Crippen molar-refractivity contribution in [3.8, 4) is 11.6 Å². The lowest BCUT2D eigenvalue weighted by Crippen LogP contribution is -2.49. The first-order chi connectivity index (χ1) is 13.2. The molecule has 0 saturated carbocycles. The van der Waals surface area contributed by atoms with Gasteiger partial charge in [-0.15, -0.1) is 12.4 Å². The molecule has 28 heavy (non-hydrogen) atoms. The minimum atomic E-state index is -0.0770. The second-order valence-corrected chi connectivity index (χ2v) is 6.57. The van der Waals surface area contributed by atoms with Crippen LogP contribution in [0.15, 0.2) is 27.3 Å². The number of hydrogen-bond acceptors (Lipinski definition) is 7. The molecule has 1 aliphatic rings. The summed E-state index contributed by atoms with van der Waals surface area (Å²) in [6.07, 6.45) is 5.41. The molecule has 9 nitrogen and oxygen atoms in total. The molecular formula is C18H26ClN5O4. The molecule has 0 aliphatic carbocycles. The van der Waals surface area contributed by atoms with Gasteiger partial charge in [0.1, 0.15) is 0 Å². The van der Waals surface area contributed by atoms with Crippen molar-refractivity contribution < 1.29 is 18.5 Å². The monoisotopic (exact) mass is 411 g/mol. The zero-order valence-corrected chi connectivity index (χ0v) is 16.5. The maximum absolute atomic E-state index is 12.7. The molecule has 0 aromatic carbocycles. The number of carbonyl (C=O) groups excluding carboxylic acids is 2.